The summed E-state index contributed by atoms with van der Waals surface area (Å²) in [5.41, 5.74) is 4.35. The summed E-state index contributed by atoms with van der Waals surface area (Å²) in [6, 6.07) is 0. The van der Waals surface area contributed by atoms with Crippen LogP contribution in [0.3, 0.4) is 0 Å². The lowest BCUT2D eigenvalue weighted by Gasteiger charge is -2.11. The van der Waals surface area contributed by atoms with E-state index < -0.39 is 0 Å². The highest BCUT2D eigenvalue weighted by Gasteiger charge is 2.04. The predicted octanol–water partition coefficient (Wildman–Crippen LogP) is 3.44. The van der Waals surface area contributed by atoms with Crippen molar-refractivity contribution in [2.45, 2.75) is 32.6 Å². The molecule has 0 atom stereocenters. The van der Waals surface area contributed by atoms with Gasteiger partial charge in [-0.05, 0) is 43.8 Å². The van der Waals surface area contributed by atoms with Gasteiger partial charge in [0.1, 0.15) is 0 Å². The molecular formula is C13H17N. The highest BCUT2D eigenvalue weighted by atomic mass is 14.7. The van der Waals surface area contributed by atoms with Crippen LogP contribution >= 0.6 is 0 Å². The van der Waals surface area contributed by atoms with Gasteiger partial charge in [-0.1, -0.05) is 23.8 Å². The maximum atomic E-state index is 4.30. The van der Waals surface area contributed by atoms with Gasteiger partial charge in [0.15, 0.2) is 0 Å². The van der Waals surface area contributed by atoms with Gasteiger partial charge in [0.25, 0.3) is 0 Å². The molecule has 1 aliphatic carbocycles. The smallest absolute Gasteiger partial charge is 0.0392 e. The van der Waals surface area contributed by atoms with Gasteiger partial charge in [-0.25, -0.2) is 0 Å². The van der Waals surface area contributed by atoms with Crippen molar-refractivity contribution >= 4 is 6.21 Å². The number of hydrogen-bond acceptors (Lipinski definition) is 1. The Morgan fingerprint density at radius 1 is 1.21 bits per heavy atom. The van der Waals surface area contributed by atoms with E-state index in [0.717, 1.165) is 6.54 Å². The molecule has 2 aliphatic rings. The van der Waals surface area contributed by atoms with Crippen LogP contribution in [0.1, 0.15) is 32.6 Å². The van der Waals surface area contributed by atoms with Crippen molar-refractivity contribution in [2.24, 2.45) is 4.99 Å². The molecule has 0 spiro atoms. The fourth-order valence-corrected chi connectivity index (χ4v) is 1.85. The monoisotopic (exact) mass is 187 g/mol. The molecule has 0 aromatic heterocycles. The zero-order valence-electron chi connectivity index (χ0n) is 8.79. The van der Waals surface area contributed by atoms with Crippen molar-refractivity contribution in [1.82, 2.24) is 0 Å². The van der Waals surface area contributed by atoms with Gasteiger partial charge in [-0.2, -0.15) is 0 Å². The van der Waals surface area contributed by atoms with E-state index in [2.05, 4.69) is 30.1 Å². The fraction of sp³-hybridized carbons (Fsp3) is 0.462. The predicted molar refractivity (Wildman–Crippen MR) is 61.8 cm³/mol. The first-order valence-electron chi connectivity index (χ1n) is 5.41. The summed E-state index contributed by atoms with van der Waals surface area (Å²) in [4.78, 5) is 4.30. The zero-order valence-corrected chi connectivity index (χ0v) is 8.79. The van der Waals surface area contributed by atoms with Crippen molar-refractivity contribution in [1.29, 1.82) is 0 Å². The molecule has 0 saturated heterocycles. The van der Waals surface area contributed by atoms with Crippen LogP contribution in [0, 0.1) is 0 Å². The largest absolute Gasteiger partial charge is 0.293 e. The Morgan fingerprint density at radius 3 is 2.79 bits per heavy atom. The number of hydrogen-bond donors (Lipinski definition) is 0. The second-order valence-electron chi connectivity index (χ2n) is 4.11. The molecule has 1 nitrogen and oxygen atoms in total. The number of allylic oxidation sites excluding steroid dienone is 6. The summed E-state index contributed by atoms with van der Waals surface area (Å²) < 4.78 is 0. The van der Waals surface area contributed by atoms with Gasteiger partial charge in [0.05, 0.1) is 0 Å². The third-order valence-corrected chi connectivity index (χ3v) is 2.77. The van der Waals surface area contributed by atoms with E-state index in [0.29, 0.717) is 0 Å². The van der Waals surface area contributed by atoms with Crippen molar-refractivity contribution in [3.63, 3.8) is 0 Å². The summed E-state index contributed by atoms with van der Waals surface area (Å²) in [6.45, 7) is 3.21. The molecule has 2 rings (SSSR count). The molecule has 0 amide bonds. The van der Waals surface area contributed by atoms with Crippen LogP contribution in [0.4, 0.5) is 0 Å². The van der Waals surface area contributed by atoms with E-state index in [-0.39, 0.29) is 0 Å². The molecule has 14 heavy (non-hydrogen) atoms. The maximum Gasteiger partial charge on any atom is 0.0392 e. The standard InChI is InChI=1S/C13H17N/c1-11-4-6-12(7-5-11)9-13-3-2-8-14-10-13/h4,6,9-10H,2-3,5,7-8H2,1H3. The van der Waals surface area contributed by atoms with Crippen molar-refractivity contribution in [2.75, 3.05) is 6.54 Å². The third kappa shape index (κ3) is 2.44. The molecule has 0 N–H and O–H groups in total. The lowest BCUT2D eigenvalue weighted by molar-refractivity contribution is 0.819. The van der Waals surface area contributed by atoms with E-state index >= 15 is 0 Å². The van der Waals surface area contributed by atoms with E-state index in [1.807, 2.05) is 6.21 Å². The van der Waals surface area contributed by atoms with Crippen LogP contribution in [-0.2, 0) is 0 Å². The molecule has 0 unspecified atom stereocenters. The lowest BCUT2D eigenvalue weighted by atomic mass is 9.96. The number of nitrogens with zero attached hydrogens (tertiary/aromatic N) is 1. The minimum absolute atomic E-state index is 1.01. The van der Waals surface area contributed by atoms with E-state index in [1.165, 1.54) is 42.4 Å². The number of aliphatic imine (C=N–C) groups is 1. The molecule has 0 aromatic rings. The van der Waals surface area contributed by atoms with E-state index in [1.54, 1.807) is 0 Å². The second kappa shape index (κ2) is 4.41. The molecule has 1 heteroatoms. The Kier molecular flexibility index (Phi) is 2.97. The van der Waals surface area contributed by atoms with Gasteiger partial charge in [0, 0.05) is 12.8 Å². The topological polar surface area (TPSA) is 12.4 Å². The first-order valence-corrected chi connectivity index (χ1v) is 5.41. The Morgan fingerprint density at radius 2 is 2.14 bits per heavy atom. The molecule has 0 fully saturated rings. The molecule has 0 aromatic carbocycles. The Hall–Kier alpha value is -1.11. The quantitative estimate of drug-likeness (QED) is 0.596. The Bertz CT molecular complexity index is 329. The summed E-state index contributed by atoms with van der Waals surface area (Å²) in [5, 5.41) is 0. The van der Waals surface area contributed by atoms with Gasteiger partial charge in [0.2, 0.25) is 0 Å². The van der Waals surface area contributed by atoms with Gasteiger partial charge in [-0.15, -0.1) is 0 Å². The van der Waals surface area contributed by atoms with Crippen molar-refractivity contribution < 1.29 is 0 Å². The third-order valence-electron chi connectivity index (χ3n) is 2.77. The van der Waals surface area contributed by atoms with Gasteiger partial charge in [-0.3, -0.25) is 4.99 Å². The van der Waals surface area contributed by atoms with Crippen molar-refractivity contribution in [3.8, 4) is 0 Å². The summed E-state index contributed by atoms with van der Waals surface area (Å²) >= 11 is 0. The highest BCUT2D eigenvalue weighted by Crippen LogP contribution is 2.21. The fourth-order valence-electron chi connectivity index (χ4n) is 1.85. The van der Waals surface area contributed by atoms with Crippen LogP contribution in [0.5, 0.6) is 0 Å². The Balaban J connectivity index is 2.09. The molecule has 1 aliphatic heterocycles. The zero-order chi connectivity index (χ0) is 9.80. The van der Waals surface area contributed by atoms with Crippen LogP contribution in [-0.4, -0.2) is 12.8 Å². The Labute approximate surface area is 85.9 Å². The molecular weight excluding hydrogens is 170 g/mol. The molecule has 0 saturated carbocycles. The van der Waals surface area contributed by atoms with Crippen LogP contribution < -0.4 is 0 Å². The molecule has 74 valence electrons. The van der Waals surface area contributed by atoms with E-state index in [4.69, 9.17) is 0 Å². The number of rotatable bonds is 1. The first kappa shape index (κ1) is 9.45. The van der Waals surface area contributed by atoms with Crippen molar-refractivity contribution in [3.05, 3.63) is 34.9 Å². The van der Waals surface area contributed by atoms with Crippen LogP contribution in [0.2, 0.25) is 0 Å². The summed E-state index contributed by atoms with van der Waals surface area (Å²) in [7, 11) is 0. The maximum absolute atomic E-state index is 4.30. The molecule has 0 bridgehead atoms. The SMILES string of the molecule is CC1=CC=C(C=C2C=NCCC2)CC1. The lowest BCUT2D eigenvalue weighted by Crippen LogP contribution is -1.98. The van der Waals surface area contributed by atoms with Gasteiger partial charge < -0.3 is 0 Å². The van der Waals surface area contributed by atoms with Gasteiger partial charge >= 0.3 is 0 Å². The summed E-state index contributed by atoms with van der Waals surface area (Å²) in [6.07, 6.45) is 13.6. The first-order chi connectivity index (χ1) is 6.84. The average Bonchev–Trinajstić information content (AvgIpc) is 2.23. The highest BCUT2D eigenvalue weighted by molar-refractivity contribution is 5.80. The normalized spacial score (nSPS) is 24.8. The minimum atomic E-state index is 1.01. The minimum Gasteiger partial charge on any atom is -0.293 e. The summed E-state index contributed by atoms with van der Waals surface area (Å²) in [5.74, 6) is 0. The average molecular weight is 187 g/mol. The van der Waals surface area contributed by atoms with Crippen LogP contribution in [0.25, 0.3) is 0 Å². The second-order valence-corrected chi connectivity index (χ2v) is 4.11. The molecule has 0 radical (unpaired) electrons. The van der Waals surface area contributed by atoms with E-state index in [9.17, 15) is 0 Å². The van der Waals surface area contributed by atoms with Crippen LogP contribution in [0.15, 0.2) is 39.9 Å². The molecule has 1 heterocycles.